The molecule has 1 aromatic carbocycles. The number of likely N-dealkylation sites (N-methyl/N-ethyl adjacent to an activating group) is 1. The fraction of sp³-hybridized carbons (Fsp3) is 0.571. The van der Waals surface area contributed by atoms with Gasteiger partial charge >= 0.3 is 6.18 Å². The number of anilines is 1. The molecular formula is C14H18BrF3N2. The van der Waals surface area contributed by atoms with Crippen LogP contribution in [0.15, 0.2) is 18.2 Å². The summed E-state index contributed by atoms with van der Waals surface area (Å²) >= 11 is 3.12. The van der Waals surface area contributed by atoms with Crippen LogP contribution in [0.3, 0.4) is 0 Å². The lowest BCUT2D eigenvalue weighted by molar-refractivity contribution is -0.138. The maximum Gasteiger partial charge on any atom is 0.416 e. The summed E-state index contributed by atoms with van der Waals surface area (Å²) in [5.74, 6) is 0. The van der Waals surface area contributed by atoms with E-state index in [9.17, 15) is 13.2 Å². The van der Waals surface area contributed by atoms with E-state index in [2.05, 4.69) is 27.8 Å². The quantitative estimate of drug-likeness (QED) is 0.766. The number of hydrogen-bond acceptors (Lipinski definition) is 2. The molecule has 0 aliphatic carbocycles. The van der Waals surface area contributed by atoms with Gasteiger partial charge in [0.2, 0.25) is 0 Å². The number of hydrogen-bond donors (Lipinski definition) is 0. The topological polar surface area (TPSA) is 6.48 Å². The van der Waals surface area contributed by atoms with Crippen LogP contribution < -0.4 is 4.90 Å². The molecule has 0 atom stereocenters. The molecule has 0 spiro atoms. The van der Waals surface area contributed by atoms with Crippen LogP contribution in [0, 0.1) is 0 Å². The second-order valence-electron chi connectivity index (χ2n) is 4.89. The highest BCUT2D eigenvalue weighted by atomic mass is 79.9. The molecule has 0 unspecified atom stereocenters. The molecular weight excluding hydrogens is 333 g/mol. The molecule has 2 nitrogen and oxygen atoms in total. The Morgan fingerprint density at radius 3 is 2.30 bits per heavy atom. The Kier molecular flexibility index (Phi) is 4.96. The first-order valence-corrected chi connectivity index (χ1v) is 7.81. The summed E-state index contributed by atoms with van der Waals surface area (Å²) in [6.45, 7) is 6.44. The minimum absolute atomic E-state index is 0.214. The van der Waals surface area contributed by atoms with Crippen molar-refractivity contribution in [3.8, 4) is 0 Å². The van der Waals surface area contributed by atoms with Crippen LogP contribution in [-0.2, 0) is 11.5 Å². The van der Waals surface area contributed by atoms with Crippen LogP contribution in [-0.4, -0.2) is 37.6 Å². The highest BCUT2D eigenvalue weighted by Crippen LogP contribution is 2.35. The average Bonchev–Trinajstić information content (AvgIpc) is 2.46. The van der Waals surface area contributed by atoms with E-state index >= 15 is 0 Å². The maximum absolute atomic E-state index is 13.1. The van der Waals surface area contributed by atoms with Gasteiger partial charge < -0.3 is 9.80 Å². The smallest absolute Gasteiger partial charge is 0.369 e. The van der Waals surface area contributed by atoms with Crippen LogP contribution in [0.25, 0.3) is 0 Å². The van der Waals surface area contributed by atoms with Gasteiger partial charge in [-0.05, 0) is 24.2 Å². The van der Waals surface area contributed by atoms with E-state index in [-0.39, 0.29) is 10.9 Å². The second-order valence-corrected chi connectivity index (χ2v) is 5.45. The monoisotopic (exact) mass is 350 g/mol. The molecule has 0 N–H and O–H groups in total. The third-order valence-electron chi connectivity index (χ3n) is 3.73. The van der Waals surface area contributed by atoms with E-state index in [0.717, 1.165) is 32.7 Å². The summed E-state index contributed by atoms with van der Waals surface area (Å²) in [6.07, 6.45) is -4.30. The lowest BCUT2D eigenvalue weighted by Gasteiger charge is -2.35. The fourth-order valence-electron chi connectivity index (χ4n) is 2.46. The number of rotatable bonds is 3. The molecule has 0 bridgehead atoms. The SMILES string of the molecule is CCN1CCN(c2ccc(CBr)c(C(F)(F)F)c2)CC1. The van der Waals surface area contributed by atoms with Crippen molar-refractivity contribution in [2.24, 2.45) is 0 Å². The second kappa shape index (κ2) is 6.35. The van der Waals surface area contributed by atoms with Crippen molar-refractivity contribution >= 4 is 21.6 Å². The molecule has 1 saturated heterocycles. The predicted octanol–water partition coefficient (Wildman–Crippen LogP) is 3.74. The normalized spacial score (nSPS) is 17.6. The molecule has 1 aliphatic heterocycles. The van der Waals surface area contributed by atoms with Gasteiger partial charge in [0.15, 0.2) is 0 Å². The molecule has 1 aromatic rings. The minimum Gasteiger partial charge on any atom is -0.369 e. The molecule has 1 heterocycles. The van der Waals surface area contributed by atoms with Gasteiger partial charge in [-0.1, -0.05) is 28.9 Å². The van der Waals surface area contributed by atoms with Crippen LogP contribution in [0.5, 0.6) is 0 Å². The van der Waals surface area contributed by atoms with Gasteiger partial charge in [-0.25, -0.2) is 0 Å². The zero-order chi connectivity index (χ0) is 14.8. The average molecular weight is 351 g/mol. The van der Waals surface area contributed by atoms with Gasteiger partial charge in [0.25, 0.3) is 0 Å². The first-order valence-electron chi connectivity index (χ1n) is 6.69. The van der Waals surface area contributed by atoms with Crippen molar-refractivity contribution in [1.82, 2.24) is 4.90 Å². The Bertz CT molecular complexity index is 454. The number of benzene rings is 1. The molecule has 0 radical (unpaired) electrons. The van der Waals surface area contributed by atoms with E-state index in [0.29, 0.717) is 5.69 Å². The summed E-state index contributed by atoms with van der Waals surface area (Å²) in [7, 11) is 0. The van der Waals surface area contributed by atoms with Gasteiger partial charge in [-0.2, -0.15) is 13.2 Å². The van der Waals surface area contributed by atoms with Gasteiger partial charge in [0, 0.05) is 37.2 Å². The molecule has 6 heteroatoms. The van der Waals surface area contributed by atoms with E-state index in [1.165, 1.54) is 6.07 Å². The zero-order valence-corrected chi connectivity index (χ0v) is 13.0. The van der Waals surface area contributed by atoms with Crippen molar-refractivity contribution < 1.29 is 13.2 Å². The molecule has 1 aliphatic rings. The summed E-state index contributed by atoms with van der Waals surface area (Å²) in [6, 6.07) is 4.63. The molecule has 0 saturated carbocycles. The minimum atomic E-state index is -4.30. The van der Waals surface area contributed by atoms with Gasteiger partial charge in [-0.15, -0.1) is 0 Å². The summed E-state index contributed by atoms with van der Waals surface area (Å²) in [4.78, 5) is 4.33. The van der Waals surface area contributed by atoms with Gasteiger partial charge in [0.05, 0.1) is 5.56 Å². The van der Waals surface area contributed by atoms with Crippen molar-refractivity contribution in [1.29, 1.82) is 0 Å². The molecule has 20 heavy (non-hydrogen) atoms. The summed E-state index contributed by atoms with van der Waals surface area (Å²) in [5, 5.41) is 0.214. The van der Waals surface area contributed by atoms with E-state index in [4.69, 9.17) is 0 Å². The van der Waals surface area contributed by atoms with Crippen LogP contribution >= 0.6 is 15.9 Å². The third-order valence-corrected chi connectivity index (χ3v) is 4.33. The van der Waals surface area contributed by atoms with E-state index < -0.39 is 11.7 Å². The van der Waals surface area contributed by atoms with Crippen molar-refractivity contribution in [3.05, 3.63) is 29.3 Å². The summed E-state index contributed by atoms with van der Waals surface area (Å²) < 4.78 is 39.2. The molecule has 112 valence electrons. The number of piperazine rings is 1. The van der Waals surface area contributed by atoms with Gasteiger partial charge in [-0.3, -0.25) is 0 Å². The van der Waals surface area contributed by atoms with Gasteiger partial charge in [0.1, 0.15) is 0 Å². The number of alkyl halides is 4. The first kappa shape index (κ1) is 15.6. The Hall–Kier alpha value is -0.750. The molecule has 0 aromatic heterocycles. The Labute approximate surface area is 125 Å². The van der Waals surface area contributed by atoms with Crippen molar-refractivity contribution in [2.45, 2.75) is 18.4 Å². The zero-order valence-electron chi connectivity index (χ0n) is 11.4. The standard InChI is InChI=1S/C14H18BrF3N2/c1-2-19-5-7-20(8-6-19)12-4-3-11(10-15)13(9-12)14(16,17)18/h3-4,9H,2,5-8,10H2,1H3. The fourth-order valence-corrected chi connectivity index (χ4v) is 2.95. The largest absolute Gasteiger partial charge is 0.416 e. The van der Waals surface area contributed by atoms with Crippen LogP contribution in [0.1, 0.15) is 18.1 Å². The lowest BCUT2D eigenvalue weighted by atomic mass is 10.1. The Balaban J connectivity index is 2.21. The Morgan fingerprint density at radius 2 is 1.80 bits per heavy atom. The number of halogens is 4. The van der Waals surface area contributed by atoms with E-state index in [1.54, 1.807) is 12.1 Å². The van der Waals surface area contributed by atoms with Crippen LogP contribution in [0.2, 0.25) is 0 Å². The highest BCUT2D eigenvalue weighted by Gasteiger charge is 2.33. The van der Waals surface area contributed by atoms with E-state index in [1.807, 2.05) is 4.90 Å². The summed E-state index contributed by atoms with van der Waals surface area (Å²) in [5.41, 5.74) is 0.413. The Morgan fingerprint density at radius 1 is 1.15 bits per heavy atom. The number of nitrogens with zero attached hydrogens (tertiary/aromatic N) is 2. The predicted molar refractivity (Wildman–Crippen MR) is 78.4 cm³/mol. The van der Waals surface area contributed by atoms with Crippen LogP contribution in [0.4, 0.5) is 18.9 Å². The highest BCUT2D eigenvalue weighted by molar-refractivity contribution is 9.08. The van der Waals surface area contributed by atoms with Crippen molar-refractivity contribution in [2.75, 3.05) is 37.6 Å². The van der Waals surface area contributed by atoms with Crippen molar-refractivity contribution in [3.63, 3.8) is 0 Å². The molecule has 2 rings (SSSR count). The third kappa shape index (κ3) is 3.47. The molecule has 0 amide bonds. The lowest BCUT2D eigenvalue weighted by Crippen LogP contribution is -2.46. The molecule has 1 fully saturated rings. The first-order chi connectivity index (χ1) is 9.45. The maximum atomic E-state index is 13.1.